The van der Waals surface area contributed by atoms with Crippen LogP contribution in [0.2, 0.25) is 0 Å². The zero-order chi connectivity index (χ0) is 59.9. The van der Waals surface area contributed by atoms with E-state index >= 15 is 0 Å². The zero-order valence-corrected chi connectivity index (χ0v) is 55.7. The summed E-state index contributed by atoms with van der Waals surface area (Å²) in [4.78, 5) is 38.5. The first kappa shape index (κ1) is 80.1. The van der Waals surface area contributed by atoms with E-state index in [9.17, 15) is 14.4 Å². The van der Waals surface area contributed by atoms with Gasteiger partial charge < -0.3 is 14.2 Å². The molecule has 0 spiro atoms. The third-order valence-electron chi connectivity index (χ3n) is 16.5. The summed E-state index contributed by atoms with van der Waals surface area (Å²) < 4.78 is 17.0. The van der Waals surface area contributed by atoms with Crippen LogP contribution in [0.5, 0.6) is 0 Å². The molecule has 0 aliphatic heterocycles. The van der Waals surface area contributed by atoms with Crippen molar-refractivity contribution in [2.75, 3.05) is 13.2 Å². The van der Waals surface area contributed by atoms with Crippen LogP contribution in [0.1, 0.15) is 393 Å². The average molecular weight is 1160 g/mol. The number of hydrogen-bond acceptors (Lipinski definition) is 6. The number of carbonyl (C=O) groups is 3. The molecule has 0 amide bonds. The molecule has 0 aliphatic rings. The van der Waals surface area contributed by atoms with Crippen molar-refractivity contribution in [3.05, 3.63) is 60.8 Å². The summed E-state index contributed by atoms with van der Waals surface area (Å²) in [6, 6.07) is 0. The molecule has 83 heavy (non-hydrogen) atoms. The largest absolute Gasteiger partial charge is 0.462 e. The molecule has 0 saturated heterocycles. The monoisotopic (exact) mass is 1160 g/mol. The molecule has 6 heteroatoms. The quantitative estimate of drug-likeness (QED) is 0.0261. The fraction of sp³-hybridized carbons (Fsp3) is 0.831. The minimum absolute atomic E-state index is 0.0739. The molecule has 0 radical (unpaired) electrons. The van der Waals surface area contributed by atoms with Crippen LogP contribution in [0.3, 0.4) is 0 Å². The fourth-order valence-corrected chi connectivity index (χ4v) is 11.0. The molecular weight excluding hydrogens is 1020 g/mol. The van der Waals surface area contributed by atoms with Crippen molar-refractivity contribution >= 4 is 17.9 Å². The van der Waals surface area contributed by atoms with Crippen molar-refractivity contribution < 1.29 is 28.6 Å². The number of esters is 3. The second kappa shape index (κ2) is 71.6. The zero-order valence-electron chi connectivity index (χ0n) is 55.7. The van der Waals surface area contributed by atoms with E-state index in [1.807, 2.05) is 0 Å². The topological polar surface area (TPSA) is 78.9 Å². The first-order valence-corrected chi connectivity index (χ1v) is 36.8. The van der Waals surface area contributed by atoms with Gasteiger partial charge in [-0.15, -0.1) is 0 Å². The number of rotatable bonds is 68. The van der Waals surface area contributed by atoms with Crippen molar-refractivity contribution in [2.24, 2.45) is 0 Å². The maximum atomic E-state index is 13.0. The molecule has 6 nitrogen and oxygen atoms in total. The van der Waals surface area contributed by atoms with Crippen LogP contribution in [-0.2, 0) is 28.6 Å². The van der Waals surface area contributed by atoms with E-state index in [0.717, 1.165) is 89.9 Å². The van der Waals surface area contributed by atoms with Crippen molar-refractivity contribution in [3.8, 4) is 0 Å². The molecule has 1 atom stereocenters. The first-order valence-electron chi connectivity index (χ1n) is 36.8. The van der Waals surface area contributed by atoms with E-state index in [0.29, 0.717) is 19.3 Å². The summed E-state index contributed by atoms with van der Waals surface area (Å²) >= 11 is 0. The molecule has 0 bridgehead atoms. The Morgan fingerprint density at radius 3 is 0.747 bits per heavy atom. The summed E-state index contributed by atoms with van der Waals surface area (Å²) in [5.41, 5.74) is 0. The van der Waals surface area contributed by atoms with Crippen LogP contribution >= 0.6 is 0 Å². The van der Waals surface area contributed by atoms with Crippen molar-refractivity contribution in [3.63, 3.8) is 0 Å². The second-order valence-electron chi connectivity index (χ2n) is 24.8. The van der Waals surface area contributed by atoms with Gasteiger partial charge in [-0.3, -0.25) is 14.4 Å². The van der Waals surface area contributed by atoms with Gasteiger partial charge in [-0.1, -0.05) is 351 Å². The summed E-state index contributed by atoms with van der Waals surface area (Å²) in [6.07, 6.45) is 92.5. The van der Waals surface area contributed by atoms with Gasteiger partial charge in [0, 0.05) is 19.3 Å². The molecule has 0 heterocycles. The summed E-state index contributed by atoms with van der Waals surface area (Å²) in [5.74, 6) is -0.857. The van der Waals surface area contributed by atoms with Crippen LogP contribution in [0.25, 0.3) is 0 Å². The van der Waals surface area contributed by atoms with Gasteiger partial charge in [0.25, 0.3) is 0 Å². The van der Waals surface area contributed by atoms with Gasteiger partial charge in [0.2, 0.25) is 0 Å². The Bertz CT molecular complexity index is 1470. The van der Waals surface area contributed by atoms with Gasteiger partial charge >= 0.3 is 17.9 Å². The molecule has 0 N–H and O–H groups in total. The summed E-state index contributed by atoms with van der Waals surface area (Å²) in [5, 5.41) is 0. The van der Waals surface area contributed by atoms with Gasteiger partial charge in [0.15, 0.2) is 6.10 Å². The van der Waals surface area contributed by atoms with Crippen molar-refractivity contribution in [1.82, 2.24) is 0 Å². The lowest BCUT2D eigenvalue weighted by molar-refractivity contribution is -0.167. The number of hydrogen-bond donors (Lipinski definition) is 0. The standard InChI is InChI=1S/C77H140O6/c1-4-7-10-13-16-19-22-25-28-31-34-36-37-38-39-41-43-46-49-52-55-58-61-64-67-70-76(79)82-73-74(72-81-75(78)69-66-63-60-57-54-51-48-45-42-33-30-27-24-21-18-15-12-9-6-3)83-77(80)71-68-65-62-59-56-53-50-47-44-40-35-32-29-26-23-20-17-14-11-8-5-2/h8,11,17,20,26-27,29-30,35,40,74H,4-7,9-10,12-16,18-19,21-25,28,31-34,36-39,41-73H2,1-3H3/b11-8-,20-17-,29-26-,30-27-,40-35-. The highest BCUT2D eigenvalue weighted by Crippen LogP contribution is 2.19. The normalized spacial score (nSPS) is 12.4. The van der Waals surface area contributed by atoms with Crippen LogP contribution in [0, 0.1) is 0 Å². The molecule has 0 aromatic rings. The van der Waals surface area contributed by atoms with Gasteiger partial charge in [0.1, 0.15) is 13.2 Å². The van der Waals surface area contributed by atoms with Crippen LogP contribution in [-0.4, -0.2) is 37.2 Å². The third kappa shape index (κ3) is 69.8. The smallest absolute Gasteiger partial charge is 0.306 e. The Balaban J connectivity index is 4.32. The van der Waals surface area contributed by atoms with Gasteiger partial charge in [-0.05, 0) is 83.5 Å². The highest BCUT2D eigenvalue weighted by Gasteiger charge is 2.19. The average Bonchev–Trinajstić information content (AvgIpc) is 3.50. The van der Waals surface area contributed by atoms with Crippen molar-refractivity contribution in [1.29, 1.82) is 0 Å². The lowest BCUT2D eigenvalue weighted by Gasteiger charge is -2.18. The first-order chi connectivity index (χ1) is 41.0. The summed E-state index contributed by atoms with van der Waals surface area (Å²) in [7, 11) is 0. The van der Waals surface area contributed by atoms with E-state index in [-0.39, 0.29) is 31.1 Å². The van der Waals surface area contributed by atoms with E-state index in [1.54, 1.807) is 0 Å². The maximum Gasteiger partial charge on any atom is 0.306 e. The minimum atomic E-state index is -0.780. The van der Waals surface area contributed by atoms with Gasteiger partial charge in [-0.2, -0.15) is 0 Å². The van der Waals surface area contributed by atoms with Gasteiger partial charge in [-0.25, -0.2) is 0 Å². The molecule has 0 saturated carbocycles. The number of ether oxygens (including phenoxy) is 3. The Morgan fingerprint density at radius 2 is 0.470 bits per heavy atom. The Hall–Kier alpha value is -2.89. The molecule has 0 fully saturated rings. The highest BCUT2D eigenvalue weighted by atomic mass is 16.6. The SMILES string of the molecule is CC/C=C\C/C=C\C/C=C\C/C=C\CCCCCCCCCCC(=O)OC(COC(=O)CCCCCCCCCCC/C=C\CCCCCCCC)COC(=O)CCCCCCCCCCCCCCCCCCCCCCCCCCC. The minimum Gasteiger partial charge on any atom is -0.462 e. The molecule has 0 aromatic carbocycles. The highest BCUT2D eigenvalue weighted by molar-refractivity contribution is 5.71. The number of allylic oxidation sites excluding steroid dienone is 10. The van der Waals surface area contributed by atoms with Crippen LogP contribution < -0.4 is 0 Å². The Morgan fingerprint density at radius 1 is 0.253 bits per heavy atom. The molecule has 0 aliphatic carbocycles. The predicted octanol–water partition coefficient (Wildman–Crippen LogP) is 25.5. The molecule has 1 unspecified atom stereocenters. The molecule has 0 rings (SSSR count). The fourth-order valence-electron chi connectivity index (χ4n) is 11.0. The van der Waals surface area contributed by atoms with E-state index < -0.39 is 6.10 Å². The molecule has 0 aromatic heterocycles. The number of carbonyl (C=O) groups excluding carboxylic acids is 3. The lowest BCUT2D eigenvalue weighted by Crippen LogP contribution is -2.30. The summed E-state index contributed by atoms with van der Waals surface area (Å²) in [6.45, 7) is 6.59. The van der Waals surface area contributed by atoms with E-state index in [4.69, 9.17) is 14.2 Å². The molecular formula is C77H140O6. The Labute approximate surface area is 517 Å². The number of unbranched alkanes of at least 4 members (excludes halogenated alkanes) is 47. The van der Waals surface area contributed by atoms with Crippen LogP contribution in [0.4, 0.5) is 0 Å². The van der Waals surface area contributed by atoms with Gasteiger partial charge in [0.05, 0.1) is 0 Å². The van der Waals surface area contributed by atoms with E-state index in [1.165, 1.54) is 263 Å². The molecule has 484 valence electrons. The van der Waals surface area contributed by atoms with E-state index in [2.05, 4.69) is 81.5 Å². The van der Waals surface area contributed by atoms with Crippen LogP contribution in [0.15, 0.2) is 60.8 Å². The van der Waals surface area contributed by atoms with Crippen molar-refractivity contribution in [2.45, 2.75) is 399 Å². The lowest BCUT2D eigenvalue weighted by atomic mass is 10.0. The third-order valence-corrected chi connectivity index (χ3v) is 16.5. The predicted molar refractivity (Wildman–Crippen MR) is 362 cm³/mol. The Kier molecular flexibility index (Phi) is 69.1. The maximum absolute atomic E-state index is 13.0. The second-order valence-corrected chi connectivity index (χ2v) is 24.8.